The summed E-state index contributed by atoms with van der Waals surface area (Å²) in [5.74, 6) is 1.25. The standard InChI is InChI=1S/C12H17N3O/c1-9-7-11(15(2)14-9)13-12(16)8-10-5-3-4-6-10/h3,5,7,10H,4,6,8H2,1-2H3,(H,13,16). The molecule has 1 N–H and O–H groups in total. The van der Waals surface area contributed by atoms with Gasteiger partial charge in [-0.05, 0) is 25.7 Å². The predicted molar refractivity (Wildman–Crippen MR) is 63.1 cm³/mol. The molecular formula is C12H17N3O. The number of nitrogens with one attached hydrogen (secondary N) is 1. The molecule has 2 rings (SSSR count). The molecule has 0 bridgehead atoms. The normalized spacial score (nSPS) is 19.0. The third-order valence-corrected chi connectivity index (χ3v) is 2.83. The molecule has 4 heteroatoms. The van der Waals surface area contributed by atoms with Crippen molar-refractivity contribution in [1.29, 1.82) is 0 Å². The number of carbonyl (C=O) groups is 1. The van der Waals surface area contributed by atoms with Gasteiger partial charge in [0.25, 0.3) is 0 Å². The van der Waals surface area contributed by atoms with Gasteiger partial charge >= 0.3 is 0 Å². The fourth-order valence-corrected chi connectivity index (χ4v) is 2.02. The molecule has 4 nitrogen and oxygen atoms in total. The van der Waals surface area contributed by atoms with Gasteiger partial charge in [-0.25, -0.2) is 0 Å². The van der Waals surface area contributed by atoms with Crippen LogP contribution in [0.4, 0.5) is 5.82 Å². The SMILES string of the molecule is Cc1cc(NC(=O)CC2C=CCC2)n(C)n1. The van der Waals surface area contributed by atoms with Crippen LogP contribution in [-0.2, 0) is 11.8 Å². The Kier molecular flexibility index (Phi) is 3.08. The number of rotatable bonds is 3. The van der Waals surface area contributed by atoms with Gasteiger partial charge in [0.15, 0.2) is 0 Å². The zero-order valence-corrected chi connectivity index (χ0v) is 9.73. The van der Waals surface area contributed by atoms with Gasteiger partial charge in [0, 0.05) is 19.5 Å². The summed E-state index contributed by atoms with van der Waals surface area (Å²) in [4.78, 5) is 11.7. The molecule has 86 valence electrons. The van der Waals surface area contributed by atoms with E-state index < -0.39 is 0 Å². The molecule has 0 aromatic carbocycles. The molecule has 16 heavy (non-hydrogen) atoms. The number of anilines is 1. The third-order valence-electron chi connectivity index (χ3n) is 2.83. The maximum Gasteiger partial charge on any atom is 0.226 e. The van der Waals surface area contributed by atoms with Gasteiger partial charge in [0.05, 0.1) is 5.69 Å². The monoisotopic (exact) mass is 219 g/mol. The highest BCUT2D eigenvalue weighted by Gasteiger charge is 2.15. The minimum Gasteiger partial charge on any atom is -0.311 e. The topological polar surface area (TPSA) is 46.9 Å². The fraction of sp³-hybridized carbons (Fsp3) is 0.500. The molecule has 1 aromatic heterocycles. The summed E-state index contributed by atoms with van der Waals surface area (Å²) in [5, 5.41) is 7.07. The lowest BCUT2D eigenvalue weighted by Crippen LogP contribution is -2.16. The van der Waals surface area contributed by atoms with Crippen LogP contribution in [0.1, 0.15) is 25.0 Å². The van der Waals surface area contributed by atoms with Gasteiger partial charge < -0.3 is 5.32 Å². The zero-order chi connectivity index (χ0) is 11.5. The predicted octanol–water partition coefficient (Wildman–Crippen LogP) is 2.02. The van der Waals surface area contributed by atoms with Crippen molar-refractivity contribution in [2.24, 2.45) is 13.0 Å². The first-order chi connectivity index (χ1) is 7.65. The molecule has 0 aliphatic heterocycles. The zero-order valence-electron chi connectivity index (χ0n) is 9.73. The molecular weight excluding hydrogens is 202 g/mol. The molecule has 1 unspecified atom stereocenters. The van der Waals surface area contributed by atoms with Crippen LogP contribution in [0, 0.1) is 12.8 Å². The lowest BCUT2D eigenvalue weighted by atomic mass is 10.1. The average Bonchev–Trinajstić information content (AvgIpc) is 2.78. The molecule has 1 aliphatic rings. The molecule has 0 saturated heterocycles. The quantitative estimate of drug-likeness (QED) is 0.791. The van der Waals surface area contributed by atoms with Gasteiger partial charge in [-0.15, -0.1) is 0 Å². The number of amides is 1. The summed E-state index contributed by atoms with van der Waals surface area (Å²) in [6.45, 7) is 1.91. The second-order valence-electron chi connectivity index (χ2n) is 4.31. The first kappa shape index (κ1) is 10.9. The van der Waals surface area contributed by atoms with E-state index in [1.807, 2.05) is 20.0 Å². The van der Waals surface area contributed by atoms with Crippen LogP contribution in [0.5, 0.6) is 0 Å². The second-order valence-corrected chi connectivity index (χ2v) is 4.31. The van der Waals surface area contributed by atoms with Crippen LogP contribution < -0.4 is 5.32 Å². The van der Waals surface area contributed by atoms with Gasteiger partial charge in [0.1, 0.15) is 5.82 Å². The minimum atomic E-state index is 0.0690. The van der Waals surface area contributed by atoms with Crippen molar-refractivity contribution in [3.63, 3.8) is 0 Å². The first-order valence-corrected chi connectivity index (χ1v) is 5.62. The summed E-state index contributed by atoms with van der Waals surface area (Å²) in [5.41, 5.74) is 0.915. The second kappa shape index (κ2) is 4.51. The Bertz CT molecular complexity index is 420. The maximum atomic E-state index is 11.7. The van der Waals surface area contributed by atoms with E-state index >= 15 is 0 Å². The number of aromatic nitrogens is 2. The lowest BCUT2D eigenvalue weighted by Gasteiger charge is -2.08. The Hall–Kier alpha value is -1.58. The van der Waals surface area contributed by atoms with E-state index in [1.54, 1.807) is 4.68 Å². The number of nitrogens with zero attached hydrogens (tertiary/aromatic N) is 2. The Labute approximate surface area is 95.3 Å². The highest BCUT2D eigenvalue weighted by molar-refractivity contribution is 5.90. The number of hydrogen-bond donors (Lipinski definition) is 1. The summed E-state index contributed by atoms with van der Waals surface area (Å²) in [6.07, 6.45) is 7.04. The van der Waals surface area contributed by atoms with E-state index in [0.717, 1.165) is 24.4 Å². The van der Waals surface area contributed by atoms with Gasteiger partial charge in [-0.2, -0.15) is 5.10 Å². The van der Waals surface area contributed by atoms with E-state index in [0.29, 0.717) is 12.3 Å². The van der Waals surface area contributed by atoms with Crippen LogP contribution in [-0.4, -0.2) is 15.7 Å². The van der Waals surface area contributed by atoms with Gasteiger partial charge in [0.2, 0.25) is 5.91 Å². The molecule has 1 aromatic rings. The van der Waals surface area contributed by atoms with Crippen molar-refractivity contribution in [1.82, 2.24) is 9.78 Å². The van der Waals surface area contributed by atoms with Gasteiger partial charge in [-0.3, -0.25) is 9.48 Å². The van der Waals surface area contributed by atoms with E-state index in [2.05, 4.69) is 22.6 Å². The van der Waals surface area contributed by atoms with Crippen molar-refractivity contribution in [3.8, 4) is 0 Å². The molecule has 1 heterocycles. The van der Waals surface area contributed by atoms with Crippen LogP contribution >= 0.6 is 0 Å². The maximum absolute atomic E-state index is 11.7. The number of carbonyl (C=O) groups excluding carboxylic acids is 1. The van der Waals surface area contributed by atoms with Crippen molar-refractivity contribution in [2.45, 2.75) is 26.2 Å². The van der Waals surface area contributed by atoms with Crippen LogP contribution in [0.2, 0.25) is 0 Å². The van der Waals surface area contributed by atoms with Gasteiger partial charge in [-0.1, -0.05) is 12.2 Å². The summed E-state index contributed by atoms with van der Waals surface area (Å²) < 4.78 is 1.69. The van der Waals surface area contributed by atoms with Crippen molar-refractivity contribution in [3.05, 3.63) is 23.9 Å². The average molecular weight is 219 g/mol. The number of aryl methyl sites for hydroxylation is 2. The summed E-state index contributed by atoms with van der Waals surface area (Å²) >= 11 is 0. The molecule has 1 amide bonds. The van der Waals surface area contributed by atoms with E-state index in [1.165, 1.54) is 0 Å². The van der Waals surface area contributed by atoms with Crippen LogP contribution in [0.25, 0.3) is 0 Å². The Morgan fingerprint density at radius 3 is 3.06 bits per heavy atom. The third kappa shape index (κ3) is 2.51. The molecule has 0 spiro atoms. The molecule has 0 saturated carbocycles. The first-order valence-electron chi connectivity index (χ1n) is 5.62. The fourth-order valence-electron chi connectivity index (χ4n) is 2.02. The highest BCUT2D eigenvalue weighted by Crippen LogP contribution is 2.21. The van der Waals surface area contributed by atoms with Crippen LogP contribution in [0.15, 0.2) is 18.2 Å². The van der Waals surface area contributed by atoms with E-state index in [4.69, 9.17) is 0 Å². The lowest BCUT2D eigenvalue weighted by molar-refractivity contribution is -0.116. The summed E-state index contributed by atoms with van der Waals surface area (Å²) in [6, 6.07) is 1.88. The van der Waals surface area contributed by atoms with Crippen molar-refractivity contribution >= 4 is 11.7 Å². The molecule has 1 atom stereocenters. The van der Waals surface area contributed by atoms with Crippen LogP contribution in [0.3, 0.4) is 0 Å². The number of hydrogen-bond acceptors (Lipinski definition) is 2. The molecule has 1 aliphatic carbocycles. The van der Waals surface area contributed by atoms with Crippen molar-refractivity contribution in [2.75, 3.05) is 5.32 Å². The Morgan fingerprint density at radius 1 is 1.69 bits per heavy atom. The van der Waals surface area contributed by atoms with Crippen molar-refractivity contribution < 1.29 is 4.79 Å². The Balaban J connectivity index is 1.91. The number of allylic oxidation sites excluding steroid dienone is 2. The summed E-state index contributed by atoms with van der Waals surface area (Å²) in [7, 11) is 1.83. The highest BCUT2D eigenvalue weighted by atomic mass is 16.1. The molecule has 0 radical (unpaired) electrons. The largest absolute Gasteiger partial charge is 0.311 e. The van der Waals surface area contributed by atoms with E-state index in [-0.39, 0.29) is 5.91 Å². The molecule has 0 fully saturated rings. The minimum absolute atomic E-state index is 0.0690. The smallest absolute Gasteiger partial charge is 0.226 e. The Morgan fingerprint density at radius 2 is 2.50 bits per heavy atom. The van der Waals surface area contributed by atoms with E-state index in [9.17, 15) is 4.79 Å².